The lowest BCUT2D eigenvalue weighted by Crippen LogP contribution is -2.43. The highest BCUT2D eigenvalue weighted by Gasteiger charge is 2.61. The van der Waals surface area contributed by atoms with Crippen LogP contribution in [0.15, 0.2) is 24.3 Å². The van der Waals surface area contributed by atoms with Gasteiger partial charge in [-0.3, -0.25) is 0 Å². The number of rotatable bonds is 2. The van der Waals surface area contributed by atoms with Gasteiger partial charge in [0.05, 0.1) is 5.56 Å². The second-order valence-corrected chi connectivity index (χ2v) is 7.29. The van der Waals surface area contributed by atoms with Crippen LogP contribution in [0.5, 0.6) is 0 Å². The summed E-state index contributed by atoms with van der Waals surface area (Å²) in [6.45, 7) is 6.72. The number of nitrogens with two attached hydrogens (primary N) is 1. The summed E-state index contributed by atoms with van der Waals surface area (Å²) in [5.74, 6) is 0.383. The van der Waals surface area contributed by atoms with Gasteiger partial charge in [0, 0.05) is 16.5 Å². The van der Waals surface area contributed by atoms with Gasteiger partial charge in [-0.2, -0.15) is 0 Å². The van der Waals surface area contributed by atoms with Crippen LogP contribution in [0.1, 0.15) is 50.4 Å². The van der Waals surface area contributed by atoms with E-state index in [-0.39, 0.29) is 22.9 Å². The first-order valence-corrected chi connectivity index (χ1v) is 7.40. The molecule has 20 heavy (non-hydrogen) atoms. The summed E-state index contributed by atoms with van der Waals surface area (Å²) < 4.78 is 5.91. The van der Waals surface area contributed by atoms with Crippen LogP contribution in [0.4, 0.5) is 5.69 Å². The van der Waals surface area contributed by atoms with Crippen molar-refractivity contribution in [1.29, 1.82) is 0 Å². The Morgan fingerprint density at radius 1 is 1.30 bits per heavy atom. The molecule has 108 valence electrons. The molecule has 2 aliphatic carbocycles. The Kier molecular flexibility index (Phi) is 2.86. The number of fused-ring (bicyclic) bond motifs is 2. The van der Waals surface area contributed by atoms with Gasteiger partial charge in [-0.25, -0.2) is 4.79 Å². The first-order chi connectivity index (χ1) is 9.34. The molecule has 3 atom stereocenters. The predicted molar refractivity (Wildman–Crippen MR) is 79.3 cm³/mol. The Balaban J connectivity index is 1.85. The topological polar surface area (TPSA) is 52.3 Å². The van der Waals surface area contributed by atoms with Gasteiger partial charge in [0.25, 0.3) is 0 Å². The second-order valence-electron chi connectivity index (χ2n) is 7.29. The molecule has 0 spiro atoms. The van der Waals surface area contributed by atoms with E-state index in [0.29, 0.717) is 17.2 Å². The average molecular weight is 273 g/mol. The Labute approximate surface area is 120 Å². The number of hydrogen-bond donors (Lipinski definition) is 1. The zero-order valence-corrected chi connectivity index (χ0v) is 12.5. The molecule has 1 aromatic carbocycles. The summed E-state index contributed by atoms with van der Waals surface area (Å²) in [5, 5.41) is 0. The highest BCUT2D eigenvalue weighted by atomic mass is 16.5. The molecule has 2 fully saturated rings. The fourth-order valence-corrected chi connectivity index (χ4v) is 4.40. The van der Waals surface area contributed by atoms with Crippen molar-refractivity contribution < 1.29 is 9.53 Å². The zero-order valence-electron chi connectivity index (χ0n) is 12.5. The van der Waals surface area contributed by atoms with Crippen molar-refractivity contribution in [2.45, 2.75) is 46.1 Å². The molecule has 0 amide bonds. The fourth-order valence-electron chi connectivity index (χ4n) is 4.40. The Hall–Kier alpha value is -1.51. The number of anilines is 1. The summed E-state index contributed by atoms with van der Waals surface area (Å²) in [6.07, 6.45) is 3.57. The summed E-state index contributed by atoms with van der Waals surface area (Å²) in [5.41, 5.74) is 7.04. The molecule has 3 heteroatoms. The average Bonchev–Trinajstić information content (AvgIpc) is 2.86. The lowest BCUT2D eigenvalue weighted by atomic mass is 9.70. The second kappa shape index (κ2) is 4.24. The largest absolute Gasteiger partial charge is 0.458 e. The minimum absolute atomic E-state index is 0.0131. The van der Waals surface area contributed by atoms with E-state index in [1.165, 1.54) is 12.8 Å². The maximum absolute atomic E-state index is 12.4. The van der Waals surface area contributed by atoms with E-state index in [0.717, 1.165) is 6.42 Å². The number of benzene rings is 1. The molecule has 2 aliphatic rings. The SMILES string of the molecule is CC1(C)[C@@H]2CC[C@@](C)(C2)[C@@H]1OC(=O)c1ccccc1N. The van der Waals surface area contributed by atoms with Gasteiger partial charge in [0.2, 0.25) is 0 Å². The Bertz CT molecular complexity index is 547. The Morgan fingerprint density at radius 2 is 2.00 bits per heavy atom. The van der Waals surface area contributed by atoms with Crippen LogP contribution in [0.3, 0.4) is 0 Å². The van der Waals surface area contributed by atoms with Gasteiger partial charge < -0.3 is 10.5 Å². The predicted octanol–water partition coefficient (Wildman–Crippen LogP) is 3.64. The van der Waals surface area contributed by atoms with E-state index in [1.54, 1.807) is 12.1 Å². The van der Waals surface area contributed by atoms with Crippen LogP contribution in [0.2, 0.25) is 0 Å². The third kappa shape index (κ3) is 1.83. The molecular formula is C17H23NO2. The number of esters is 1. The molecule has 0 saturated heterocycles. The normalized spacial score (nSPS) is 34.1. The molecule has 0 unspecified atom stereocenters. The van der Waals surface area contributed by atoms with E-state index in [4.69, 9.17) is 10.5 Å². The van der Waals surface area contributed by atoms with Crippen LogP contribution < -0.4 is 5.73 Å². The van der Waals surface area contributed by atoms with Crippen molar-refractivity contribution in [3.63, 3.8) is 0 Å². The van der Waals surface area contributed by atoms with Gasteiger partial charge >= 0.3 is 5.97 Å². The third-order valence-electron chi connectivity index (χ3n) is 5.54. The summed E-state index contributed by atoms with van der Waals surface area (Å²) in [7, 11) is 0. The maximum atomic E-state index is 12.4. The quantitative estimate of drug-likeness (QED) is 0.661. The smallest absolute Gasteiger partial charge is 0.340 e. The van der Waals surface area contributed by atoms with E-state index < -0.39 is 0 Å². The van der Waals surface area contributed by atoms with Crippen LogP contribution in [0, 0.1) is 16.7 Å². The van der Waals surface area contributed by atoms with Gasteiger partial charge in [0.15, 0.2) is 0 Å². The van der Waals surface area contributed by atoms with Gasteiger partial charge in [-0.05, 0) is 37.3 Å². The molecule has 2 bridgehead atoms. The maximum Gasteiger partial charge on any atom is 0.340 e. The van der Waals surface area contributed by atoms with Crippen LogP contribution in [-0.2, 0) is 4.74 Å². The van der Waals surface area contributed by atoms with Crippen molar-refractivity contribution in [3.8, 4) is 0 Å². The molecule has 0 radical (unpaired) electrons. The van der Waals surface area contributed by atoms with E-state index in [1.807, 2.05) is 12.1 Å². The lowest BCUT2D eigenvalue weighted by molar-refractivity contribution is -0.0583. The number of para-hydroxylation sites is 1. The van der Waals surface area contributed by atoms with Crippen LogP contribution in [0.25, 0.3) is 0 Å². The Morgan fingerprint density at radius 3 is 2.60 bits per heavy atom. The molecule has 1 aromatic rings. The standard InChI is InChI=1S/C17H23NO2/c1-16(2)11-8-9-17(3,10-11)15(16)20-14(19)12-6-4-5-7-13(12)18/h4-7,11,15H,8-10,18H2,1-3H3/t11-,15-,17+/m1/s1. The van der Waals surface area contributed by atoms with Crippen LogP contribution in [-0.4, -0.2) is 12.1 Å². The number of hydrogen-bond acceptors (Lipinski definition) is 3. The van der Waals surface area contributed by atoms with Gasteiger partial charge in [-0.15, -0.1) is 0 Å². The highest BCUT2D eigenvalue weighted by molar-refractivity contribution is 5.95. The molecule has 0 aliphatic heterocycles. The number of carbonyl (C=O) groups excluding carboxylic acids is 1. The molecule has 2 N–H and O–H groups in total. The van der Waals surface area contributed by atoms with Crippen molar-refractivity contribution in [3.05, 3.63) is 29.8 Å². The zero-order chi connectivity index (χ0) is 14.5. The molecule has 3 rings (SSSR count). The van der Waals surface area contributed by atoms with E-state index in [2.05, 4.69) is 20.8 Å². The van der Waals surface area contributed by atoms with Gasteiger partial charge in [0.1, 0.15) is 6.10 Å². The summed E-state index contributed by atoms with van der Waals surface area (Å²) in [6, 6.07) is 7.12. The van der Waals surface area contributed by atoms with Crippen molar-refractivity contribution in [2.75, 3.05) is 5.73 Å². The fraction of sp³-hybridized carbons (Fsp3) is 0.588. The number of nitrogen functional groups attached to an aromatic ring is 1. The van der Waals surface area contributed by atoms with Crippen LogP contribution >= 0.6 is 0 Å². The summed E-state index contributed by atoms with van der Waals surface area (Å²) >= 11 is 0. The first kappa shape index (κ1) is 13.5. The van der Waals surface area contributed by atoms with E-state index in [9.17, 15) is 4.79 Å². The number of carbonyl (C=O) groups is 1. The minimum Gasteiger partial charge on any atom is -0.458 e. The minimum atomic E-state index is -0.282. The lowest BCUT2D eigenvalue weighted by Gasteiger charge is -2.41. The first-order valence-electron chi connectivity index (χ1n) is 7.40. The summed E-state index contributed by atoms with van der Waals surface area (Å²) in [4.78, 5) is 12.4. The highest BCUT2D eigenvalue weighted by Crippen LogP contribution is 2.63. The molecular weight excluding hydrogens is 250 g/mol. The molecule has 3 nitrogen and oxygen atoms in total. The van der Waals surface area contributed by atoms with Crippen molar-refractivity contribution in [1.82, 2.24) is 0 Å². The monoisotopic (exact) mass is 273 g/mol. The molecule has 2 saturated carbocycles. The molecule has 0 heterocycles. The van der Waals surface area contributed by atoms with E-state index >= 15 is 0 Å². The van der Waals surface area contributed by atoms with Crippen molar-refractivity contribution in [2.24, 2.45) is 16.7 Å². The van der Waals surface area contributed by atoms with Gasteiger partial charge in [-0.1, -0.05) is 32.9 Å². The molecule has 0 aromatic heterocycles. The number of ether oxygens (including phenoxy) is 1. The third-order valence-corrected chi connectivity index (χ3v) is 5.54. The van der Waals surface area contributed by atoms with Crippen molar-refractivity contribution >= 4 is 11.7 Å².